The Bertz CT molecular complexity index is 943. The second kappa shape index (κ2) is 9.30. The number of nitrogens with zero attached hydrogens (tertiary/aromatic N) is 3. The maximum atomic E-state index is 12.6. The smallest absolute Gasteiger partial charge is 0.226 e. The highest BCUT2D eigenvalue weighted by atomic mass is 32.2. The number of thiophene rings is 1. The number of amides is 1. The molecule has 9 heteroatoms. The minimum Gasteiger partial charge on any atom is -0.317 e. The van der Waals surface area contributed by atoms with Gasteiger partial charge in [0.15, 0.2) is 0 Å². The van der Waals surface area contributed by atoms with Crippen LogP contribution in [0.1, 0.15) is 17.5 Å². The fourth-order valence-corrected chi connectivity index (χ4v) is 5.32. The maximum absolute atomic E-state index is 12.6. The topological polar surface area (TPSA) is 93.5 Å². The highest BCUT2D eigenvalue weighted by molar-refractivity contribution is 7.88. The van der Waals surface area contributed by atoms with Crippen LogP contribution in [0.25, 0.3) is 0 Å². The summed E-state index contributed by atoms with van der Waals surface area (Å²) in [5.74, 6) is -0.128. The Hall–Kier alpha value is -2.25. The van der Waals surface area contributed by atoms with Crippen LogP contribution in [-0.2, 0) is 20.6 Å². The minimum atomic E-state index is -3.33. The quantitative estimate of drug-likeness (QED) is 0.743. The fourth-order valence-electron chi connectivity index (χ4n) is 3.05. The lowest BCUT2D eigenvalue weighted by Crippen LogP contribution is -2.49. The molecule has 0 radical (unpaired) electrons. The second-order valence-electron chi connectivity index (χ2n) is 6.56. The standard InChI is InChI=1S/C19H22N4O3S2/c20-14-17-7-13-27-19(17)21-18(24)6-8-22-9-11-23(12-10-22)28(25,26)15-16-4-2-1-3-5-16/h1-5,7,13H,6,8-12,15H2,(H,21,24). The molecule has 1 amide bonds. The van der Waals surface area contributed by atoms with Gasteiger partial charge in [-0.05, 0) is 17.0 Å². The Morgan fingerprint density at radius 3 is 2.54 bits per heavy atom. The van der Waals surface area contributed by atoms with E-state index in [-0.39, 0.29) is 11.7 Å². The molecular formula is C19H22N4O3S2. The van der Waals surface area contributed by atoms with E-state index in [0.717, 1.165) is 5.56 Å². The van der Waals surface area contributed by atoms with Gasteiger partial charge >= 0.3 is 0 Å². The van der Waals surface area contributed by atoms with Gasteiger partial charge in [-0.25, -0.2) is 8.42 Å². The number of hydrogen-bond donors (Lipinski definition) is 1. The first-order valence-corrected chi connectivity index (χ1v) is 11.5. The van der Waals surface area contributed by atoms with E-state index in [2.05, 4.69) is 10.2 Å². The molecule has 1 aliphatic rings. The van der Waals surface area contributed by atoms with E-state index in [4.69, 9.17) is 5.26 Å². The molecule has 1 fully saturated rings. The number of carbonyl (C=O) groups is 1. The van der Waals surface area contributed by atoms with Crippen molar-refractivity contribution in [3.63, 3.8) is 0 Å². The monoisotopic (exact) mass is 418 g/mol. The number of rotatable bonds is 7. The van der Waals surface area contributed by atoms with Gasteiger partial charge in [0.05, 0.1) is 11.3 Å². The number of nitrogens with one attached hydrogen (secondary N) is 1. The van der Waals surface area contributed by atoms with Crippen LogP contribution >= 0.6 is 11.3 Å². The molecule has 0 unspecified atom stereocenters. The largest absolute Gasteiger partial charge is 0.317 e. The molecule has 0 bridgehead atoms. The van der Waals surface area contributed by atoms with Gasteiger partial charge in [0.2, 0.25) is 15.9 Å². The van der Waals surface area contributed by atoms with Crippen LogP contribution in [0.2, 0.25) is 0 Å². The maximum Gasteiger partial charge on any atom is 0.226 e. The summed E-state index contributed by atoms with van der Waals surface area (Å²) < 4.78 is 26.7. The van der Waals surface area contributed by atoms with Crippen LogP contribution in [0.3, 0.4) is 0 Å². The average Bonchev–Trinajstić information content (AvgIpc) is 3.14. The van der Waals surface area contributed by atoms with Crippen molar-refractivity contribution in [3.05, 3.63) is 52.9 Å². The summed E-state index contributed by atoms with van der Waals surface area (Å²) in [4.78, 5) is 14.2. The summed E-state index contributed by atoms with van der Waals surface area (Å²) in [5.41, 5.74) is 1.25. The molecule has 0 saturated carbocycles. The van der Waals surface area contributed by atoms with Crippen molar-refractivity contribution in [2.75, 3.05) is 38.0 Å². The van der Waals surface area contributed by atoms with Gasteiger partial charge in [0, 0.05) is 39.1 Å². The molecule has 28 heavy (non-hydrogen) atoms. The summed E-state index contributed by atoms with van der Waals surface area (Å²) in [5, 5.41) is 14.1. The molecule has 0 aliphatic carbocycles. The Kier molecular flexibility index (Phi) is 6.80. The van der Waals surface area contributed by atoms with E-state index in [9.17, 15) is 13.2 Å². The molecule has 0 atom stereocenters. The van der Waals surface area contributed by atoms with Gasteiger partial charge in [-0.15, -0.1) is 11.3 Å². The Balaban J connectivity index is 1.44. The highest BCUT2D eigenvalue weighted by Gasteiger charge is 2.27. The molecule has 1 N–H and O–H groups in total. The molecule has 1 aromatic heterocycles. The number of anilines is 1. The number of hydrogen-bond acceptors (Lipinski definition) is 6. The van der Waals surface area contributed by atoms with Crippen LogP contribution in [0.15, 0.2) is 41.8 Å². The molecule has 2 aromatic rings. The van der Waals surface area contributed by atoms with Crippen LogP contribution in [0, 0.1) is 11.3 Å². The Labute approximate surface area is 169 Å². The third-order valence-electron chi connectivity index (χ3n) is 4.61. The van der Waals surface area contributed by atoms with Crippen LogP contribution in [-0.4, -0.2) is 56.3 Å². The van der Waals surface area contributed by atoms with Crippen LogP contribution in [0.5, 0.6) is 0 Å². The van der Waals surface area contributed by atoms with E-state index in [0.29, 0.717) is 49.7 Å². The zero-order valence-corrected chi connectivity index (χ0v) is 17.0. The van der Waals surface area contributed by atoms with Gasteiger partial charge < -0.3 is 10.2 Å². The van der Waals surface area contributed by atoms with Crippen molar-refractivity contribution in [3.8, 4) is 6.07 Å². The van der Waals surface area contributed by atoms with Crippen molar-refractivity contribution in [2.24, 2.45) is 0 Å². The highest BCUT2D eigenvalue weighted by Crippen LogP contribution is 2.22. The summed E-state index contributed by atoms with van der Waals surface area (Å²) in [6, 6.07) is 12.9. The Morgan fingerprint density at radius 1 is 1.14 bits per heavy atom. The number of piperazine rings is 1. The van der Waals surface area contributed by atoms with E-state index in [1.807, 2.05) is 36.4 Å². The predicted octanol–water partition coefficient (Wildman–Crippen LogP) is 2.10. The molecule has 0 spiro atoms. The molecule has 1 saturated heterocycles. The summed E-state index contributed by atoms with van der Waals surface area (Å²) in [6.45, 7) is 2.62. The molecule has 2 heterocycles. The molecule has 148 valence electrons. The number of sulfonamides is 1. The SMILES string of the molecule is N#Cc1ccsc1NC(=O)CCN1CCN(S(=O)(=O)Cc2ccccc2)CC1. The first kappa shape index (κ1) is 20.5. The third-order valence-corrected chi connectivity index (χ3v) is 7.29. The molecule has 3 rings (SSSR count). The molecular weight excluding hydrogens is 396 g/mol. The van der Waals surface area contributed by atoms with Crippen molar-refractivity contribution in [1.29, 1.82) is 5.26 Å². The van der Waals surface area contributed by atoms with E-state index in [1.54, 1.807) is 11.4 Å². The van der Waals surface area contributed by atoms with Crippen molar-refractivity contribution in [1.82, 2.24) is 9.21 Å². The molecule has 7 nitrogen and oxygen atoms in total. The van der Waals surface area contributed by atoms with Gasteiger partial charge in [-0.2, -0.15) is 9.57 Å². The van der Waals surface area contributed by atoms with Gasteiger partial charge in [0.1, 0.15) is 11.1 Å². The lowest BCUT2D eigenvalue weighted by atomic mass is 10.2. The lowest BCUT2D eigenvalue weighted by molar-refractivity contribution is -0.116. The zero-order valence-electron chi connectivity index (χ0n) is 15.4. The van der Waals surface area contributed by atoms with Crippen LogP contribution < -0.4 is 5.32 Å². The fraction of sp³-hybridized carbons (Fsp3) is 0.368. The van der Waals surface area contributed by atoms with Gasteiger partial charge in [-0.3, -0.25) is 4.79 Å². The van der Waals surface area contributed by atoms with E-state index >= 15 is 0 Å². The van der Waals surface area contributed by atoms with Crippen molar-refractivity contribution >= 4 is 32.3 Å². The van der Waals surface area contributed by atoms with Crippen molar-refractivity contribution in [2.45, 2.75) is 12.2 Å². The van der Waals surface area contributed by atoms with E-state index < -0.39 is 10.0 Å². The number of nitriles is 1. The number of benzene rings is 1. The number of carbonyl (C=O) groups excluding carboxylic acids is 1. The molecule has 1 aromatic carbocycles. The second-order valence-corrected chi connectivity index (χ2v) is 9.44. The van der Waals surface area contributed by atoms with E-state index in [1.165, 1.54) is 15.6 Å². The first-order valence-electron chi connectivity index (χ1n) is 8.99. The lowest BCUT2D eigenvalue weighted by Gasteiger charge is -2.33. The minimum absolute atomic E-state index is 0.0122. The molecule has 1 aliphatic heterocycles. The third kappa shape index (κ3) is 5.39. The van der Waals surface area contributed by atoms with Crippen molar-refractivity contribution < 1.29 is 13.2 Å². The van der Waals surface area contributed by atoms with Crippen LogP contribution in [0.4, 0.5) is 5.00 Å². The normalized spacial score (nSPS) is 15.8. The zero-order chi connectivity index (χ0) is 20.0. The Morgan fingerprint density at radius 2 is 1.86 bits per heavy atom. The van der Waals surface area contributed by atoms with Gasteiger partial charge in [0.25, 0.3) is 0 Å². The average molecular weight is 419 g/mol. The summed E-state index contributed by atoms with van der Waals surface area (Å²) >= 11 is 1.33. The first-order chi connectivity index (χ1) is 13.5. The van der Waals surface area contributed by atoms with Gasteiger partial charge in [-0.1, -0.05) is 30.3 Å². The summed E-state index contributed by atoms with van der Waals surface area (Å²) in [6.07, 6.45) is 0.305. The summed E-state index contributed by atoms with van der Waals surface area (Å²) in [7, 11) is -3.33. The predicted molar refractivity (Wildman–Crippen MR) is 109 cm³/mol.